The molecule has 4 heterocycles. The molecule has 226 valence electrons. The summed E-state index contributed by atoms with van der Waals surface area (Å²) in [6.45, 7) is 5.15. The fourth-order valence-corrected chi connectivity index (χ4v) is 5.22. The van der Waals surface area contributed by atoms with E-state index in [1.807, 2.05) is 0 Å². The molecule has 12 nitrogen and oxygen atoms in total. The Hall–Kier alpha value is -4.18. The van der Waals surface area contributed by atoms with Crippen molar-refractivity contribution in [2.75, 3.05) is 49.6 Å². The molecule has 16 heteroatoms. The molecule has 0 aliphatic carbocycles. The Morgan fingerprint density at radius 3 is 2.37 bits per heavy atom. The summed E-state index contributed by atoms with van der Waals surface area (Å²) in [7, 11) is 6.31. The average Bonchev–Trinajstić information content (AvgIpc) is 3.42. The first kappa shape index (κ1) is 30.3. The zero-order chi connectivity index (χ0) is 31.1. The lowest BCUT2D eigenvalue weighted by Gasteiger charge is -2.37. The molecule has 2 aromatic heterocycles. The minimum atomic E-state index is -4.58. The van der Waals surface area contributed by atoms with Gasteiger partial charge >= 0.3 is 6.18 Å². The van der Waals surface area contributed by atoms with E-state index in [0.717, 1.165) is 33.3 Å². The molecule has 1 saturated heterocycles. The standard InChI is InChI=1S/C27H29BF3N7O5/c1-3-20-21(36-12-10-35(11-13-36)16(2)39)23(40)38-25(33-22(34-38)17-8-14-43-15-9-17)37(20)26(28,42)24(41)32-19-6-4-18(5-7-19)27(29,30)31/h4-8,42H,3,9-15H2,1-2H3,(H,32,41). The summed E-state index contributed by atoms with van der Waals surface area (Å²) in [4.78, 5) is 47.2. The molecular formula is C27H29BF3N7O5. The Morgan fingerprint density at radius 2 is 1.81 bits per heavy atom. The topological polar surface area (TPSA) is 134 Å². The van der Waals surface area contributed by atoms with E-state index in [-0.39, 0.29) is 54.1 Å². The second-order valence-electron chi connectivity index (χ2n) is 10.2. The number of anilines is 2. The van der Waals surface area contributed by atoms with Crippen molar-refractivity contribution < 1.29 is 32.6 Å². The molecule has 2 aliphatic rings. The summed E-state index contributed by atoms with van der Waals surface area (Å²) >= 11 is 0. The molecule has 0 saturated carbocycles. The molecule has 2 N–H and O–H groups in total. The minimum Gasteiger partial charge on any atom is -0.377 e. The molecular weight excluding hydrogens is 570 g/mol. The summed E-state index contributed by atoms with van der Waals surface area (Å²) in [5, 5.41) is 18.4. The number of halogens is 3. The Bertz CT molecular complexity index is 1640. The molecule has 1 unspecified atom stereocenters. The molecule has 2 radical (unpaired) electrons. The van der Waals surface area contributed by atoms with Crippen LogP contribution in [0, 0.1) is 0 Å². The molecule has 2 aliphatic heterocycles. The third-order valence-corrected chi connectivity index (χ3v) is 7.50. The van der Waals surface area contributed by atoms with E-state index in [1.54, 1.807) is 22.8 Å². The van der Waals surface area contributed by atoms with Crippen LogP contribution in [0.1, 0.15) is 37.4 Å². The number of nitrogens with zero attached hydrogens (tertiary/aromatic N) is 6. The Kier molecular flexibility index (Phi) is 8.09. The van der Waals surface area contributed by atoms with Gasteiger partial charge in [0.15, 0.2) is 19.3 Å². The van der Waals surface area contributed by atoms with Gasteiger partial charge in [0.1, 0.15) is 5.69 Å². The molecule has 3 aromatic rings. The van der Waals surface area contributed by atoms with Gasteiger partial charge in [-0.1, -0.05) is 13.0 Å². The van der Waals surface area contributed by atoms with E-state index in [9.17, 15) is 32.7 Å². The normalized spacial score (nSPS) is 17.5. The largest absolute Gasteiger partial charge is 0.416 e. The zero-order valence-corrected chi connectivity index (χ0v) is 23.5. The number of fused-ring (bicyclic) bond motifs is 1. The Balaban J connectivity index is 1.63. The fraction of sp³-hybridized carbons (Fsp3) is 0.444. The number of benzene rings is 1. The van der Waals surface area contributed by atoms with Crippen LogP contribution in [0.4, 0.5) is 24.5 Å². The van der Waals surface area contributed by atoms with Crippen molar-refractivity contribution in [2.45, 2.75) is 38.5 Å². The molecule has 1 aromatic carbocycles. The van der Waals surface area contributed by atoms with Gasteiger partial charge in [-0.2, -0.15) is 22.7 Å². The number of amides is 2. The molecule has 1 atom stereocenters. The van der Waals surface area contributed by atoms with Gasteiger partial charge in [-0.3, -0.25) is 19.0 Å². The number of hydrogen-bond acceptors (Lipinski definition) is 8. The van der Waals surface area contributed by atoms with E-state index in [4.69, 9.17) is 12.6 Å². The summed E-state index contributed by atoms with van der Waals surface area (Å²) in [5.41, 5.74) is -3.38. The fourth-order valence-electron chi connectivity index (χ4n) is 5.22. The van der Waals surface area contributed by atoms with Crippen molar-refractivity contribution in [2.24, 2.45) is 0 Å². The lowest BCUT2D eigenvalue weighted by atomic mass is 9.88. The lowest BCUT2D eigenvalue weighted by molar-refractivity contribution is -0.137. The molecule has 1 fully saturated rings. The Labute approximate surface area is 245 Å². The third kappa shape index (κ3) is 5.76. The van der Waals surface area contributed by atoms with Gasteiger partial charge in [-0.15, -0.1) is 5.10 Å². The van der Waals surface area contributed by atoms with Crippen molar-refractivity contribution in [3.05, 3.63) is 57.8 Å². The highest BCUT2D eigenvalue weighted by Gasteiger charge is 2.39. The van der Waals surface area contributed by atoms with Crippen LogP contribution < -0.4 is 15.8 Å². The predicted molar refractivity (Wildman–Crippen MR) is 151 cm³/mol. The van der Waals surface area contributed by atoms with Gasteiger partial charge in [-0.25, -0.2) is 0 Å². The molecule has 43 heavy (non-hydrogen) atoms. The monoisotopic (exact) mass is 599 g/mol. The van der Waals surface area contributed by atoms with E-state index < -0.39 is 28.8 Å². The van der Waals surface area contributed by atoms with E-state index in [0.29, 0.717) is 38.3 Å². The number of carbonyl (C=O) groups is 2. The van der Waals surface area contributed by atoms with E-state index >= 15 is 0 Å². The van der Waals surface area contributed by atoms with Crippen molar-refractivity contribution in [3.8, 4) is 0 Å². The first-order valence-electron chi connectivity index (χ1n) is 13.7. The zero-order valence-electron chi connectivity index (χ0n) is 23.5. The van der Waals surface area contributed by atoms with Crippen LogP contribution in [-0.4, -0.2) is 88.2 Å². The summed E-state index contributed by atoms with van der Waals surface area (Å²) in [6.07, 6.45) is -2.22. The van der Waals surface area contributed by atoms with E-state index in [2.05, 4.69) is 15.4 Å². The highest BCUT2D eigenvalue weighted by Crippen LogP contribution is 2.31. The highest BCUT2D eigenvalue weighted by atomic mass is 19.4. The van der Waals surface area contributed by atoms with Crippen molar-refractivity contribution in [1.82, 2.24) is 24.1 Å². The maximum absolute atomic E-state index is 13.9. The summed E-state index contributed by atoms with van der Waals surface area (Å²) < 4.78 is 46.4. The number of ether oxygens (including phenoxy) is 1. The lowest BCUT2D eigenvalue weighted by Crippen LogP contribution is -2.52. The van der Waals surface area contributed by atoms with Crippen molar-refractivity contribution in [3.63, 3.8) is 0 Å². The third-order valence-electron chi connectivity index (χ3n) is 7.50. The van der Waals surface area contributed by atoms with Crippen LogP contribution in [0.2, 0.25) is 0 Å². The second kappa shape index (κ2) is 11.5. The van der Waals surface area contributed by atoms with E-state index in [1.165, 1.54) is 6.92 Å². The van der Waals surface area contributed by atoms with Gasteiger partial charge in [0.05, 0.1) is 24.5 Å². The number of nitrogens with one attached hydrogen (secondary N) is 1. The number of piperazine rings is 1. The van der Waals surface area contributed by atoms with Crippen molar-refractivity contribution >= 4 is 42.4 Å². The Morgan fingerprint density at radius 1 is 1.14 bits per heavy atom. The first-order valence-corrected chi connectivity index (χ1v) is 13.7. The van der Waals surface area contributed by atoms with Crippen LogP contribution >= 0.6 is 0 Å². The minimum absolute atomic E-state index is 0.0490. The maximum atomic E-state index is 13.9. The molecule has 0 spiro atoms. The van der Waals surface area contributed by atoms with Crippen LogP contribution in [0.25, 0.3) is 11.4 Å². The molecule has 2 amide bonds. The second-order valence-corrected chi connectivity index (χ2v) is 10.2. The van der Waals surface area contributed by atoms with Crippen LogP contribution in [-0.2, 0) is 32.5 Å². The van der Waals surface area contributed by atoms with Gasteiger partial charge < -0.3 is 25.0 Å². The van der Waals surface area contributed by atoms with Crippen LogP contribution in [0.15, 0.2) is 35.1 Å². The SMILES string of the molecule is [B]C(O)(C(=O)Nc1ccc(C(F)(F)F)cc1)n1c(CC)c(N2CCN(C(C)=O)CC2)c(=O)n2nc(C3=CCOCC3)nc12. The van der Waals surface area contributed by atoms with Crippen molar-refractivity contribution in [1.29, 1.82) is 0 Å². The molecule has 5 rings (SSSR count). The summed E-state index contributed by atoms with van der Waals surface area (Å²) in [6, 6.07) is 3.63. The number of aliphatic hydroxyl groups is 1. The van der Waals surface area contributed by atoms with Gasteiger partial charge in [0.2, 0.25) is 11.7 Å². The smallest absolute Gasteiger partial charge is 0.377 e. The van der Waals surface area contributed by atoms with Crippen LogP contribution in [0.3, 0.4) is 0 Å². The van der Waals surface area contributed by atoms with Gasteiger partial charge in [0.25, 0.3) is 11.5 Å². The number of carbonyl (C=O) groups excluding carboxylic acids is 2. The van der Waals surface area contributed by atoms with Gasteiger partial charge in [0, 0.05) is 38.8 Å². The number of hydrogen-bond donors (Lipinski definition) is 2. The quantitative estimate of drug-likeness (QED) is 0.406. The highest BCUT2D eigenvalue weighted by molar-refractivity contribution is 6.27. The van der Waals surface area contributed by atoms with Gasteiger partial charge in [-0.05, 0) is 42.7 Å². The number of aromatic nitrogens is 4. The predicted octanol–water partition coefficient (Wildman–Crippen LogP) is 1.35. The molecule has 0 bridgehead atoms. The maximum Gasteiger partial charge on any atom is 0.416 e. The first-order chi connectivity index (χ1) is 20.3. The number of rotatable bonds is 6. The summed E-state index contributed by atoms with van der Waals surface area (Å²) in [5.74, 6) is -1.31. The number of alkyl halides is 3. The van der Waals surface area contributed by atoms with Crippen LogP contribution in [0.5, 0.6) is 0 Å². The average molecular weight is 599 g/mol.